The average molecular weight is 350 g/mol. The number of carboxylic acid groups (broad SMARTS) is 1. The molecule has 22 heavy (non-hydrogen) atoms. The molecular weight excluding hydrogens is 342 g/mol. The van der Waals surface area contributed by atoms with E-state index in [4.69, 9.17) is 28.3 Å². The van der Waals surface area contributed by atoms with Crippen molar-refractivity contribution in [1.29, 1.82) is 0 Å². The van der Waals surface area contributed by atoms with Crippen molar-refractivity contribution in [3.8, 4) is 5.69 Å². The molecule has 2 aromatic rings. The summed E-state index contributed by atoms with van der Waals surface area (Å²) in [4.78, 5) is 10.6. The van der Waals surface area contributed by atoms with E-state index in [9.17, 15) is 18.0 Å². The summed E-state index contributed by atoms with van der Waals surface area (Å²) in [6, 6.07) is 4.70. The van der Waals surface area contributed by atoms with Crippen LogP contribution in [0.1, 0.15) is 11.3 Å². The SMILES string of the molecule is O=C(O)/C=C/c1cccn1-c1c(Cl)cc(C(F)(F)F)cc1Cl. The summed E-state index contributed by atoms with van der Waals surface area (Å²) in [5.74, 6) is -1.16. The third-order valence-corrected chi connectivity index (χ3v) is 3.34. The molecule has 0 aliphatic carbocycles. The van der Waals surface area contributed by atoms with E-state index < -0.39 is 17.7 Å². The quantitative estimate of drug-likeness (QED) is 0.800. The minimum atomic E-state index is -4.56. The molecule has 1 aromatic heterocycles. The molecule has 0 atom stereocenters. The molecule has 0 fully saturated rings. The molecule has 0 bridgehead atoms. The molecule has 1 aromatic carbocycles. The third kappa shape index (κ3) is 3.45. The van der Waals surface area contributed by atoms with E-state index in [0.717, 1.165) is 18.2 Å². The number of carboxylic acids is 1. The number of rotatable bonds is 3. The van der Waals surface area contributed by atoms with Crippen LogP contribution in [0.3, 0.4) is 0 Å². The normalized spacial score (nSPS) is 12.0. The fourth-order valence-electron chi connectivity index (χ4n) is 1.85. The number of aromatic nitrogens is 1. The van der Waals surface area contributed by atoms with Gasteiger partial charge in [-0.25, -0.2) is 4.79 Å². The standard InChI is InChI=1S/C14H8Cl2F3NO2/c15-10-6-8(14(17,18)19)7-11(16)13(10)20-5-1-2-9(20)3-4-12(21)22/h1-7H,(H,21,22)/b4-3+. The van der Waals surface area contributed by atoms with Gasteiger partial charge in [0.05, 0.1) is 21.3 Å². The van der Waals surface area contributed by atoms with Crippen LogP contribution in [0.5, 0.6) is 0 Å². The molecule has 0 spiro atoms. The Bertz CT molecular complexity index is 728. The molecule has 8 heteroatoms. The van der Waals surface area contributed by atoms with E-state index in [1.54, 1.807) is 12.1 Å². The highest BCUT2D eigenvalue weighted by molar-refractivity contribution is 6.38. The molecule has 0 aliphatic heterocycles. The van der Waals surface area contributed by atoms with Crippen molar-refractivity contribution < 1.29 is 23.1 Å². The zero-order chi connectivity index (χ0) is 16.5. The lowest BCUT2D eigenvalue weighted by atomic mass is 10.2. The average Bonchev–Trinajstić information content (AvgIpc) is 2.82. The van der Waals surface area contributed by atoms with E-state index in [-0.39, 0.29) is 15.7 Å². The first-order valence-corrected chi connectivity index (χ1v) is 6.60. The maximum atomic E-state index is 12.7. The molecule has 3 nitrogen and oxygen atoms in total. The smallest absolute Gasteiger partial charge is 0.416 e. The van der Waals surface area contributed by atoms with Crippen LogP contribution in [0.4, 0.5) is 13.2 Å². The van der Waals surface area contributed by atoms with E-state index in [2.05, 4.69) is 0 Å². The highest BCUT2D eigenvalue weighted by Gasteiger charge is 2.32. The van der Waals surface area contributed by atoms with Crippen LogP contribution in [0.2, 0.25) is 10.0 Å². The zero-order valence-electron chi connectivity index (χ0n) is 10.7. The van der Waals surface area contributed by atoms with Gasteiger partial charge in [-0.1, -0.05) is 23.2 Å². The third-order valence-electron chi connectivity index (χ3n) is 2.76. The Hall–Kier alpha value is -1.92. The van der Waals surface area contributed by atoms with Gasteiger partial charge in [-0.05, 0) is 30.3 Å². The molecule has 0 saturated carbocycles. The molecule has 1 N–H and O–H groups in total. The molecule has 0 radical (unpaired) electrons. The summed E-state index contributed by atoms with van der Waals surface area (Å²) in [6.45, 7) is 0. The number of alkyl halides is 3. The Kier molecular flexibility index (Phi) is 4.53. The Morgan fingerprint density at radius 2 is 1.82 bits per heavy atom. The first-order chi connectivity index (χ1) is 10.2. The van der Waals surface area contributed by atoms with Gasteiger partial charge in [0.15, 0.2) is 0 Å². The second-order valence-electron chi connectivity index (χ2n) is 4.26. The predicted molar refractivity (Wildman–Crippen MR) is 77.5 cm³/mol. The van der Waals surface area contributed by atoms with Crippen LogP contribution < -0.4 is 0 Å². The van der Waals surface area contributed by atoms with Crippen molar-refractivity contribution in [3.05, 3.63) is 57.8 Å². The largest absolute Gasteiger partial charge is 0.478 e. The number of nitrogens with zero attached hydrogens (tertiary/aromatic N) is 1. The highest BCUT2D eigenvalue weighted by Crippen LogP contribution is 2.38. The number of carbonyl (C=O) groups is 1. The molecule has 2 rings (SSSR count). The molecule has 0 amide bonds. The molecule has 116 valence electrons. The molecule has 0 saturated heterocycles. The zero-order valence-corrected chi connectivity index (χ0v) is 12.2. The number of halogens is 5. The van der Waals surface area contributed by atoms with Gasteiger partial charge in [0, 0.05) is 18.0 Å². The van der Waals surface area contributed by atoms with Crippen LogP contribution in [0.25, 0.3) is 11.8 Å². The summed E-state index contributed by atoms with van der Waals surface area (Å²) >= 11 is 11.8. The molecular formula is C14H8Cl2F3NO2. The van der Waals surface area contributed by atoms with Crippen molar-refractivity contribution in [1.82, 2.24) is 4.57 Å². The fraction of sp³-hybridized carbons (Fsp3) is 0.0714. The van der Waals surface area contributed by atoms with Crippen LogP contribution in [-0.4, -0.2) is 15.6 Å². The topological polar surface area (TPSA) is 42.2 Å². The van der Waals surface area contributed by atoms with Gasteiger partial charge in [-0.15, -0.1) is 0 Å². The van der Waals surface area contributed by atoms with Gasteiger partial charge in [0.2, 0.25) is 0 Å². The lowest BCUT2D eigenvalue weighted by Gasteiger charge is -2.14. The second kappa shape index (κ2) is 6.06. The first-order valence-electron chi connectivity index (χ1n) is 5.85. The van der Waals surface area contributed by atoms with Gasteiger partial charge in [0.1, 0.15) is 0 Å². The van der Waals surface area contributed by atoms with Crippen LogP contribution in [-0.2, 0) is 11.0 Å². The second-order valence-corrected chi connectivity index (χ2v) is 5.08. The summed E-state index contributed by atoms with van der Waals surface area (Å²) in [5, 5.41) is 8.25. The lowest BCUT2D eigenvalue weighted by Crippen LogP contribution is -2.07. The Balaban J connectivity index is 2.55. The maximum Gasteiger partial charge on any atom is 0.416 e. The minimum Gasteiger partial charge on any atom is -0.478 e. The maximum absolute atomic E-state index is 12.7. The summed E-state index contributed by atoms with van der Waals surface area (Å²) in [5.41, 5.74) is -0.404. The fourth-order valence-corrected chi connectivity index (χ4v) is 2.52. The predicted octanol–water partition coefficient (Wildman–Crippen LogP) is 4.90. The van der Waals surface area contributed by atoms with E-state index in [1.165, 1.54) is 16.8 Å². The number of hydrogen-bond donors (Lipinski definition) is 1. The van der Waals surface area contributed by atoms with Crippen LogP contribution in [0.15, 0.2) is 36.5 Å². The highest BCUT2D eigenvalue weighted by atomic mass is 35.5. The van der Waals surface area contributed by atoms with Crippen molar-refractivity contribution >= 4 is 35.2 Å². The Morgan fingerprint density at radius 3 is 2.32 bits per heavy atom. The van der Waals surface area contributed by atoms with Gasteiger partial charge >= 0.3 is 12.1 Å². The van der Waals surface area contributed by atoms with Gasteiger partial charge in [0.25, 0.3) is 0 Å². The van der Waals surface area contributed by atoms with E-state index in [0.29, 0.717) is 5.69 Å². The Labute approximate surface area is 133 Å². The van der Waals surface area contributed by atoms with Crippen molar-refractivity contribution in [3.63, 3.8) is 0 Å². The van der Waals surface area contributed by atoms with Gasteiger partial charge < -0.3 is 9.67 Å². The molecule has 0 unspecified atom stereocenters. The first kappa shape index (κ1) is 16.5. The summed E-state index contributed by atoms with van der Waals surface area (Å²) in [6.07, 6.45) is -0.860. The summed E-state index contributed by atoms with van der Waals surface area (Å²) in [7, 11) is 0. The number of aliphatic carboxylic acids is 1. The van der Waals surface area contributed by atoms with Crippen molar-refractivity contribution in [2.24, 2.45) is 0 Å². The lowest BCUT2D eigenvalue weighted by molar-refractivity contribution is -0.137. The van der Waals surface area contributed by atoms with Crippen LogP contribution in [0, 0.1) is 0 Å². The van der Waals surface area contributed by atoms with Crippen LogP contribution >= 0.6 is 23.2 Å². The van der Waals surface area contributed by atoms with Crippen molar-refractivity contribution in [2.45, 2.75) is 6.18 Å². The molecule has 1 heterocycles. The van der Waals surface area contributed by atoms with E-state index >= 15 is 0 Å². The van der Waals surface area contributed by atoms with Gasteiger partial charge in [-0.2, -0.15) is 13.2 Å². The van der Waals surface area contributed by atoms with E-state index in [1.807, 2.05) is 0 Å². The molecule has 0 aliphatic rings. The minimum absolute atomic E-state index is 0.145. The van der Waals surface area contributed by atoms with Gasteiger partial charge in [-0.3, -0.25) is 0 Å². The number of hydrogen-bond acceptors (Lipinski definition) is 1. The Morgan fingerprint density at radius 1 is 1.23 bits per heavy atom. The number of benzene rings is 1. The summed E-state index contributed by atoms with van der Waals surface area (Å²) < 4.78 is 39.5. The monoisotopic (exact) mass is 349 g/mol. The van der Waals surface area contributed by atoms with Crippen molar-refractivity contribution in [2.75, 3.05) is 0 Å².